The zero-order valence-corrected chi connectivity index (χ0v) is 17.8. The molecule has 0 spiro atoms. The Morgan fingerprint density at radius 3 is 2.77 bits per heavy atom. The van der Waals surface area contributed by atoms with Gasteiger partial charge in [0.25, 0.3) is 5.56 Å². The van der Waals surface area contributed by atoms with Crippen LogP contribution in [0, 0.1) is 5.92 Å². The molecule has 0 atom stereocenters. The number of rotatable bonds is 7. The second kappa shape index (κ2) is 8.90. The Hall–Kier alpha value is -2.83. The molecule has 7 nitrogen and oxygen atoms in total. The van der Waals surface area contributed by atoms with Crippen LogP contribution in [0.3, 0.4) is 0 Å². The molecular formula is C23H30N4O3. The molecule has 1 aliphatic carbocycles. The summed E-state index contributed by atoms with van der Waals surface area (Å²) in [5.41, 5.74) is 2.05. The van der Waals surface area contributed by atoms with Gasteiger partial charge in [-0.1, -0.05) is 6.92 Å². The van der Waals surface area contributed by atoms with Crippen molar-refractivity contribution in [2.75, 3.05) is 6.61 Å². The van der Waals surface area contributed by atoms with E-state index in [0.29, 0.717) is 49.1 Å². The van der Waals surface area contributed by atoms with Gasteiger partial charge in [0.1, 0.15) is 5.52 Å². The maximum Gasteiger partial charge on any atom is 0.275 e. The largest absolute Gasteiger partial charge is 0.478 e. The highest BCUT2D eigenvalue weighted by Crippen LogP contribution is 2.23. The van der Waals surface area contributed by atoms with Crippen LogP contribution < -0.4 is 15.6 Å². The first-order valence-corrected chi connectivity index (χ1v) is 11.0. The molecule has 0 unspecified atom stereocenters. The van der Waals surface area contributed by atoms with Gasteiger partial charge in [0.2, 0.25) is 11.8 Å². The summed E-state index contributed by atoms with van der Waals surface area (Å²) in [6, 6.07) is 7.63. The van der Waals surface area contributed by atoms with E-state index >= 15 is 0 Å². The summed E-state index contributed by atoms with van der Waals surface area (Å²) in [6.45, 7) is 5.23. The van der Waals surface area contributed by atoms with Gasteiger partial charge in [-0.3, -0.25) is 14.0 Å². The van der Waals surface area contributed by atoms with Crippen molar-refractivity contribution in [2.24, 2.45) is 5.92 Å². The number of amides is 1. The van der Waals surface area contributed by atoms with E-state index in [-0.39, 0.29) is 11.5 Å². The molecule has 1 fully saturated rings. The van der Waals surface area contributed by atoms with Crippen LogP contribution in [-0.2, 0) is 11.3 Å². The van der Waals surface area contributed by atoms with E-state index in [1.165, 1.54) is 12.8 Å². The van der Waals surface area contributed by atoms with Crippen molar-refractivity contribution in [2.45, 2.75) is 65.0 Å². The summed E-state index contributed by atoms with van der Waals surface area (Å²) >= 11 is 0. The number of nitrogens with zero attached hydrogens (tertiary/aromatic N) is 3. The lowest BCUT2D eigenvalue weighted by Gasteiger charge is -2.26. The van der Waals surface area contributed by atoms with E-state index in [9.17, 15) is 9.59 Å². The summed E-state index contributed by atoms with van der Waals surface area (Å²) in [4.78, 5) is 29.4. The van der Waals surface area contributed by atoms with Crippen molar-refractivity contribution < 1.29 is 9.53 Å². The first-order chi connectivity index (χ1) is 14.6. The van der Waals surface area contributed by atoms with Crippen molar-refractivity contribution in [3.63, 3.8) is 0 Å². The van der Waals surface area contributed by atoms with Gasteiger partial charge in [-0.15, -0.1) is 0 Å². The van der Waals surface area contributed by atoms with Crippen LogP contribution in [-0.4, -0.2) is 32.5 Å². The molecule has 3 heterocycles. The number of fused-ring (bicyclic) bond motifs is 3. The van der Waals surface area contributed by atoms with Crippen LogP contribution in [0.4, 0.5) is 0 Å². The van der Waals surface area contributed by atoms with E-state index in [1.807, 2.05) is 25.3 Å². The van der Waals surface area contributed by atoms with Crippen molar-refractivity contribution in [3.05, 3.63) is 40.8 Å². The SMILES string of the molecule is CCn1c(=O)c2cccn2c2nc(OCCCC(=O)NC3CCC(C)CC3)ccc21. The number of nitrogens with one attached hydrogen (secondary N) is 1. The number of aromatic nitrogens is 3. The van der Waals surface area contributed by atoms with E-state index in [2.05, 4.69) is 17.2 Å². The lowest BCUT2D eigenvalue weighted by atomic mass is 9.87. The summed E-state index contributed by atoms with van der Waals surface area (Å²) < 4.78 is 9.33. The number of ether oxygens (including phenoxy) is 1. The molecule has 4 rings (SSSR count). The fraction of sp³-hybridized carbons (Fsp3) is 0.522. The standard InChI is InChI=1S/C23H30N4O3/c1-3-26-18-12-13-21(25-22(18)27-14-4-6-19(27)23(26)29)30-15-5-7-20(28)24-17-10-8-16(2)9-11-17/h4,6,12-14,16-17H,3,5,7-11,15H2,1-2H3,(H,24,28). The van der Waals surface area contributed by atoms with E-state index < -0.39 is 0 Å². The summed E-state index contributed by atoms with van der Waals surface area (Å²) in [7, 11) is 0. The lowest BCUT2D eigenvalue weighted by Crippen LogP contribution is -2.37. The molecule has 0 aliphatic heterocycles. The average molecular weight is 411 g/mol. The third-order valence-corrected chi connectivity index (χ3v) is 6.06. The third kappa shape index (κ3) is 4.20. The molecule has 0 aromatic carbocycles. The van der Waals surface area contributed by atoms with Gasteiger partial charge in [0.05, 0.1) is 12.1 Å². The minimum Gasteiger partial charge on any atom is -0.478 e. The highest BCUT2D eigenvalue weighted by atomic mass is 16.5. The Morgan fingerprint density at radius 1 is 1.20 bits per heavy atom. The second-order valence-electron chi connectivity index (χ2n) is 8.28. The lowest BCUT2D eigenvalue weighted by molar-refractivity contribution is -0.122. The van der Waals surface area contributed by atoms with Crippen LogP contribution in [0.2, 0.25) is 0 Å². The fourth-order valence-electron chi connectivity index (χ4n) is 4.31. The molecule has 30 heavy (non-hydrogen) atoms. The van der Waals surface area contributed by atoms with E-state index in [4.69, 9.17) is 4.74 Å². The van der Waals surface area contributed by atoms with Gasteiger partial charge in [-0.25, -0.2) is 0 Å². The van der Waals surface area contributed by atoms with Crippen molar-refractivity contribution >= 4 is 22.6 Å². The monoisotopic (exact) mass is 410 g/mol. The Bertz CT molecular complexity index is 1090. The number of carbonyl (C=O) groups excluding carboxylic acids is 1. The molecule has 1 aliphatic rings. The molecule has 1 saturated carbocycles. The van der Waals surface area contributed by atoms with Crippen LogP contribution in [0.1, 0.15) is 52.4 Å². The Kier molecular flexibility index (Phi) is 6.06. The number of hydrogen-bond acceptors (Lipinski definition) is 4. The van der Waals surface area contributed by atoms with Gasteiger partial charge in [-0.05, 0) is 63.1 Å². The molecule has 0 bridgehead atoms. The minimum atomic E-state index is -0.0242. The molecule has 0 saturated heterocycles. The topological polar surface area (TPSA) is 77.6 Å². The molecule has 0 radical (unpaired) electrons. The summed E-state index contributed by atoms with van der Waals surface area (Å²) in [5, 5.41) is 3.15. The second-order valence-corrected chi connectivity index (χ2v) is 8.28. The normalized spacial score (nSPS) is 19.3. The van der Waals surface area contributed by atoms with Crippen molar-refractivity contribution in [1.29, 1.82) is 0 Å². The van der Waals surface area contributed by atoms with E-state index in [0.717, 1.165) is 24.3 Å². The van der Waals surface area contributed by atoms with Gasteiger partial charge in [-0.2, -0.15) is 4.98 Å². The molecule has 1 N–H and O–H groups in total. The van der Waals surface area contributed by atoms with Crippen LogP contribution >= 0.6 is 0 Å². The first kappa shape index (κ1) is 20.4. The number of pyridine rings is 1. The quantitative estimate of drug-likeness (QED) is 0.605. The molecular weight excluding hydrogens is 380 g/mol. The number of carbonyl (C=O) groups is 1. The smallest absolute Gasteiger partial charge is 0.275 e. The highest BCUT2D eigenvalue weighted by Gasteiger charge is 2.19. The number of aryl methyl sites for hydroxylation is 1. The summed E-state index contributed by atoms with van der Waals surface area (Å²) in [5.74, 6) is 1.38. The van der Waals surface area contributed by atoms with E-state index in [1.54, 1.807) is 21.1 Å². The molecule has 3 aromatic heterocycles. The van der Waals surface area contributed by atoms with Gasteiger partial charge in [0, 0.05) is 31.3 Å². The van der Waals surface area contributed by atoms with Crippen LogP contribution in [0.25, 0.3) is 16.7 Å². The summed E-state index contributed by atoms with van der Waals surface area (Å²) in [6.07, 6.45) is 7.50. The van der Waals surface area contributed by atoms with Crippen LogP contribution in [0.15, 0.2) is 35.3 Å². The van der Waals surface area contributed by atoms with Crippen molar-refractivity contribution in [3.8, 4) is 5.88 Å². The predicted octanol–water partition coefficient (Wildman–Crippen LogP) is 3.52. The Morgan fingerprint density at radius 2 is 2.00 bits per heavy atom. The third-order valence-electron chi connectivity index (χ3n) is 6.06. The highest BCUT2D eigenvalue weighted by molar-refractivity contribution is 5.76. The molecule has 3 aromatic rings. The fourth-order valence-corrected chi connectivity index (χ4v) is 4.31. The first-order valence-electron chi connectivity index (χ1n) is 11.0. The number of hydrogen-bond donors (Lipinski definition) is 1. The molecule has 7 heteroatoms. The van der Waals surface area contributed by atoms with Gasteiger partial charge < -0.3 is 14.6 Å². The molecule has 160 valence electrons. The Labute approximate surface area is 176 Å². The van der Waals surface area contributed by atoms with Gasteiger partial charge in [0.15, 0.2) is 5.65 Å². The zero-order valence-electron chi connectivity index (χ0n) is 17.8. The Balaban J connectivity index is 1.36. The van der Waals surface area contributed by atoms with Gasteiger partial charge >= 0.3 is 0 Å². The predicted molar refractivity (Wildman–Crippen MR) is 117 cm³/mol. The maximum absolute atomic E-state index is 12.6. The maximum atomic E-state index is 12.6. The molecule has 1 amide bonds. The minimum absolute atomic E-state index is 0.0242. The van der Waals surface area contributed by atoms with Crippen LogP contribution in [0.5, 0.6) is 5.88 Å². The van der Waals surface area contributed by atoms with Crippen molar-refractivity contribution in [1.82, 2.24) is 19.3 Å². The average Bonchev–Trinajstić information content (AvgIpc) is 3.24. The zero-order chi connectivity index (χ0) is 21.1.